The summed E-state index contributed by atoms with van der Waals surface area (Å²) < 4.78 is 0. The number of carboxylic acids is 1. The zero-order valence-electron chi connectivity index (χ0n) is 10.3. The molecule has 0 heterocycles. The third-order valence-electron chi connectivity index (χ3n) is 3.09. The van der Waals surface area contributed by atoms with Gasteiger partial charge in [-0.2, -0.15) is 0 Å². The number of benzene rings is 1. The lowest BCUT2D eigenvalue weighted by molar-refractivity contribution is 0.0697. The fourth-order valence-electron chi connectivity index (χ4n) is 2.21. The first-order valence-corrected chi connectivity index (χ1v) is 6.54. The van der Waals surface area contributed by atoms with Crippen molar-refractivity contribution in [3.8, 4) is 0 Å². The van der Waals surface area contributed by atoms with E-state index < -0.39 is 5.97 Å². The van der Waals surface area contributed by atoms with Crippen LogP contribution in [-0.2, 0) is 0 Å². The van der Waals surface area contributed by atoms with Gasteiger partial charge in [-0.3, -0.25) is 0 Å². The van der Waals surface area contributed by atoms with Crippen LogP contribution in [0.4, 0.5) is 10.5 Å². The fraction of sp³-hybridized carbons (Fsp3) is 0.385. The average Bonchev–Trinajstić information content (AvgIpc) is 2.80. The lowest BCUT2D eigenvalue weighted by atomic mass is 10.2. The summed E-state index contributed by atoms with van der Waals surface area (Å²) in [6.45, 7) is 0. The van der Waals surface area contributed by atoms with Crippen molar-refractivity contribution in [2.45, 2.75) is 31.7 Å². The minimum atomic E-state index is -1.08. The molecule has 1 aliphatic carbocycles. The molecule has 5 nitrogen and oxygen atoms in total. The summed E-state index contributed by atoms with van der Waals surface area (Å²) >= 11 is 5.81. The molecule has 0 unspecified atom stereocenters. The molecule has 1 aliphatic rings. The van der Waals surface area contributed by atoms with Gasteiger partial charge in [0.25, 0.3) is 0 Å². The maximum Gasteiger partial charge on any atom is 0.335 e. The zero-order valence-corrected chi connectivity index (χ0v) is 11.0. The van der Waals surface area contributed by atoms with E-state index in [2.05, 4.69) is 10.6 Å². The summed E-state index contributed by atoms with van der Waals surface area (Å²) in [6, 6.07) is 4.11. The van der Waals surface area contributed by atoms with Gasteiger partial charge in [0.2, 0.25) is 0 Å². The third kappa shape index (κ3) is 3.86. The predicted molar refractivity (Wildman–Crippen MR) is 72.8 cm³/mol. The molecule has 3 N–H and O–H groups in total. The molecular formula is C13H15ClN2O3. The van der Waals surface area contributed by atoms with Crippen LogP contribution in [0, 0.1) is 0 Å². The highest BCUT2D eigenvalue weighted by Crippen LogP contribution is 2.20. The molecule has 2 rings (SSSR count). The second kappa shape index (κ2) is 5.93. The summed E-state index contributed by atoms with van der Waals surface area (Å²) in [6.07, 6.45) is 4.24. The van der Waals surface area contributed by atoms with Crippen LogP contribution in [0.2, 0.25) is 5.02 Å². The first kappa shape index (κ1) is 13.7. The molecule has 0 spiro atoms. The Morgan fingerprint density at radius 2 is 1.89 bits per heavy atom. The number of carboxylic acid groups (broad SMARTS) is 1. The predicted octanol–water partition coefficient (Wildman–Crippen LogP) is 3.10. The van der Waals surface area contributed by atoms with Crippen molar-refractivity contribution in [3.05, 3.63) is 28.8 Å². The second-order valence-corrected chi connectivity index (χ2v) is 5.05. The van der Waals surface area contributed by atoms with Crippen molar-refractivity contribution in [3.63, 3.8) is 0 Å². The van der Waals surface area contributed by atoms with Gasteiger partial charge in [-0.25, -0.2) is 9.59 Å². The highest BCUT2D eigenvalue weighted by Gasteiger charge is 2.17. The number of urea groups is 1. The van der Waals surface area contributed by atoms with Crippen molar-refractivity contribution in [1.29, 1.82) is 0 Å². The molecular weight excluding hydrogens is 268 g/mol. The highest BCUT2D eigenvalue weighted by molar-refractivity contribution is 6.31. The van der Waals surface area contributed by atoms with Crippen molar-refractivity contribution in [2.75, 3.05) is 5.32 Å². The average molecular weight is 283 g/mol. The molecule has 6 heteroatoms. The Hall–Kier alpha value is -1.75. The number of carbonyl (C=O) groups excluding carboxylic acids is 1. The van der Waals surface area contributed by atoms with E-state index >= 15 is 0 Å². The number of halogens is 1. The Morgan fingerprint density at radius 3 is 2.53 bits per heavy atom. The number of rotatable bonds is 3. The highest BCUT2D eigenvalue weighted by atomic mass is 35.5. The van der Waals surface area contributed by atoms with E-state index in [0.717, 1.165) is 25.7 Å². The summed E-state index contributed by atoms with van der Waals surface area (Å²) in [5.41, 5.74) is 0.420. The summed E-state index contributed by atoms with van der Waals surface area (Å²) in [7, 11) is 0. The van der Waals surface area contributed by atoms with Crippen LogP contribution in [0.1, 0.15) is 36.0 Å². The van der Waals surface area contributed by atoms with Crippen LogP contribution in [0.5, 0.6) is 0 Å². The summed E-state index contributed by atoms with van der Waals surface area (Å²) in [4.78, 5) is 22.6. The number of aromatic carboxylic acids is 1. The Kier molecular flexibility index (Phi) is 4.27. The molecule has 0 radical (unpaired) electrons. The zero-order chi connectivity index (χ0) is 13.8. The van der Waals surface area contributed by atoms with E-state index in [9.17, 15) is 9.59 Å². The number of amides is 2. The minimum absolute atomic E-state index is 0.0451. The molecule has 1 saturated carbocycles. The second-order valence-electron chi connectivity index (χ2n) is 4.61. The van der Waals surface area contributed by atoms with Crippen LogP contribution in [0.25, 0.3) is 0 Å². The van der Waals surface area contributed by atoms with Gasteiger partial charge in [0.05, 0.1) is 5.56 Å². The molecule has 0 atom stereocenters. The SMILES string of the molecule is O=C(Nc1cc(Cl)cc(C(=O)O)c1)NC1CCCC1. The van der Waals surface area contributed by atoms with E-state index in [4.69, 9.17) is 16.7 Å². The maximum absolute atomic E-state index is 11.7. The first-order chi connectivity index (χ1) is 9.04. The van der Waals surface area contributed by atoms with Crippen molar-refractivity contribution < 1.29 is 14.7 Å². The van der Waals surface area contributed by atoms with E-state index in [1.165, 1.54) is 18.2 Å². The molecule has 1 aromatic carbocycles. The van der Waals surface area contributed by atoms with Crippen LogP contribution in [-0.4, -0.2) is 23.1 Å². The molecule has 19 heavy (non-hydrogen) atoms. The molecule has 1 aromatic rings. The van der Waals surface area contributed by atoms with Crippen LogP contribution in [0.3, 0.4) is 0 Å². The van der Waals surface area contributed by atoms with E-state index in [-0.39, 0.29) is 22.7 Å². The van der Waals surface area contributed by atoms with Gasteiger partial charge < -0.3 is 15.7 Å². The van der Waals surface area contributed by atoms with Gasteiger partial charge in [0.15, 0.2) is 0 Å². The smallest absolute Gasteiger partial charge is 0.335 e. The monoisotopic (exact) mass is 282 g/mol. The van der Waals surface area contributed by atoms with Crippen molar-refractivity contribution in [2.24, 2.45) is 0 Å². The summed E-state index contributed by atoms with van der Waals surface area (Å²) in [5, 5.41) is 14.6. The maximum atomic E-state index is 11.7. The lowest BCUT2D eigenvalue weighted by Crippen LogP contribution is -2.36. The largest absolute Gasteiger partial charge is 0.478 e. The minimum Gasteiger partial charge on any atom is -0.478 e. The molecule has 0 saturated heterocycles. The molecule has 0 aliphatic heterocycles. The van der Waals surface area contributed by atoms with Crippen molar-refractivity contribution >= 4 is 29.3 Å². The number of carbonyl (C=O) groups is 2. The Balaban J connectivity index is 2.01. The molecule has 2 amide bonds. The Bertz CT molecular complexity index is 499. The van der Waals surface area contributed by atoms with Gasteiger partial charge in [-0.1, -0.05) is 24.4 Å². The molecule has 0 bridgehead atoms. The van der Waals surface area contributed by atoms with Gasteiger partial charge in [0.1, 0.15) is 0 Å². The molecule has 1 fully saturated rings. The van der Waals surface area contributed by atoms with Crippen molar-refractivity contribution in [1.82, 2.24) is 5.32 Å². The fourth-order valence-corrected chi connectivity index (χ4v) is 2.44. The van der Waals surface area contributed by atoms with Gasteiger partial charge in [0, 0.05) is 16.8 Å². The third-order valence-corrected chi connectivity index (χ3v) is 3.31. The van der Waals surface area contributed by atoms with Gasteiger partial charge >= 0.3 is 12.0 Å². The molecule has 0 aromatic heterocycles. The summed E-state index contributed by atoms with van der Waals surface area (Å²) in [5.74, 6) is -1.08. The number of nitrogens with one attached hydrogen (secondary N) is 2. The number of anilines is 1. The number of hydrogen-bond acceptors (Lipinski definition) is 2. The lowest BCUT2D eigenvalue weighted by Gasteiger charge is -2.13. The quantitative estimate of drug-likeness (QED) is 0.797. The topological polar surface area (TPSA) is 78.4 Å². The van der Waals surface area contributed by atoms with Gasteiger partial charge in [-0.05, 0) is 31.0 Å². The van der Waals surface area contributed by atoms with Crippen LogP contribution >= 0.6 is 11.6 Å². The van der Waals surface area contributed by atoms with E-state index in [0.29, 0.717) is 5.69 Å². The molecule has 102 valence electrons. The Morgan fingerprint density at radius 1 is 1.21 bits per heavy atom. The standard InChI is InChI=1S/C13H15ClN2O3/c14-9-5-8(12(17)18)6-11(7-9)16-13(19)15-10-3-1-2-4-10/h5-7,10H,1-4H2,(H,17,18)(H2,15,16,19). The normalized spacial score (nSPS) is 15.2. The van der Waals surface area contributed by atoms with Crippen LogP contribution in [0.15, 0.2) is 18.2 Å². The van der Waals surface area contributed by atoms with Gasteiger partial charge in [-0.15, -0.1) is 0 Å². The van der Waals surface area contributed by atoms with E-state index in [1.54, 1.807) is 0 Å². The first-order valence-electron chi connectivity index (χ1n) is 6.16. The van der Waals surface area contributed by atoms with Crippen LogP contribution < -0.4 is 10.6 Å². The number of hydrogen-bond donors (Lipinski definition) is 3. The van der Waals surface area contributed by atoms with E-state index in [1.807, 2.05) is 0 Å². The Labute approximate surface area is 116 Å².